The third-order valence-corrected chi connectivity index (χ3v) is 8.67. The van der Waals surface area contributed by atoms with Gasteiger partial charge in [-0.1, -0.05) is 12.1 Å². The minimum absolute atomic E-state index is 0.0701. The van der Waals surface area contributed by atoms with Crippen LogP contribution in [-0.4, -0.2) is 43.4 Å². The summed E-state index contributed by atoms with van der Waals surface area (Å²) in [5, 5.41) is 5.73. The fourth-order valence-electron chi connectivity index (χ4n) is 3.84. The van der Waals surface area contributed by atoms with E-state index in [2.05, 4.69) is 10.6 Å². The number of carbonyl (C=O) groups excluding carboxylic acids is 2. The van der Waals surface area contributed by atoms with Crippen LogP contribution in [0.2, 0.25) is 0 Å². The van der Waals surface area contributed by atoms with Crippen molar-refractivity contribution >= 4 is 45.0 Å². The molecule has 7 nitrogen and oxygen atoms in total. The van der Waals surface area contributed by atoms with Crippen molar-refractivity contribution in [3.8, 4) is 0 Å². The summed E-state index contributed by atoms with van der Waals surface area (Å²) in [6.07, 6.45) is 0.931. The highest BCUT2D eigenvalue weighted by Crippen LogP contribution is 2.34. The molecule has 1 saturated heterocycles. The Hall–Kier alpha value is -2.36. The van der Waals surface area contributed by atoms with Crippen molar-refractivity contribution in [2.45, 2.75) is 36.5 Å². The average Bonchev–Trinajstić information content (AvgIpc) is 2.75. The molecule has 0 unspecified atom stereocenters. The molecule has 1 fully saturated rings. The summed E-state index contributed by atoms with van der Waals surface area (Å²) in [4.78, 5) is 25.4. The van der Waals surface area contributed by atoms with Crippen LogP contribution in [0.3, 0.4) is 0 Å². The summed E-state index contributed by atoms with van der Waals surface area (Å²) in [7, 11) is -3.69. The molecule has 0 aliphatic carbocycles. The Kier molecular flexibility index (Phi) is 6.09. The quantitative estimate of drug-likeness (QED) is 0.731. The van der Waals surface area contributed by atoms with Gasteiger partial charge in [-0.15, -0.1) is 11.8 Å². The van der Waals surface area contributed by atoms with E-state index in [1.54, 1.807) is 12.1 Å². The molecule has 2 heterocycles. The molecule has 2 aliphatic heterocycles. The van der Waals surface area contributed by atoms with Crippen LogP contribution in [0.15, 0.2) is 46.2 Å². The number of amides is 2. The smallest absolute Gasteiger partial charge is 0.243 e. The molecule has 9 heteroatoms. The first-order chi connectivity index (χ1) is 14.7. The summed E-state index contributed by atoms with van der Waals surface area (Å²) in [6, 6.07) is 10.8. The van der Waals surface area contributed by atoms with Gasteiger partial charge in [0.2, 0.25) is 21.8 Å². The van der Waals surface area contributed by atoms with E-state index in [-0.39, 0.29) is 35.7 Å². The second kappa shape index (κ2) is 8.64. The number of piperidine rings is 1. The number of hydrogen-bond acceptors (Lipinski definition) is 5. The number of thioether (sulfide) groups is 1. The molecule has 164 valence electrons. The number of carbonyl (C=O) groups is 2. The van der Waals surface area contributed by atoms with Crippen molar-refractivity contribution < 1.29 is 18.0 Å². The van der Waals surface area contributed by atoms with E-state index >= 15 is 0 Å². The Bertz CT molecular complexity index is 1140. The number of hydrogen-bond donors (Lipinski definition) is 2. The van der Waals surface area contributed by atoms with Crippen LogP contribution in [0, 0.1) is 19.8 Å². The van der Waals surface area contributed by atoms with Gasteiger partial charge in [0, 0.05) is 29.6 Å². The van der Waals surface area contributed by atoms with Crippen molar-refractivity contribution in [2.75, 3.05) is 29.5 Å². The Morgan fingerprint density at radius 3 is 2.61 bits per heavy atom. The number of sulfonamides is 1. The summed E-state index contributed by atoms with van der Waals surface area (Å²) in [5.41, 5.74) is 3.40. The predicted octanol–water partition coefficient (Wildman–Crippen LogP) is 3.39. The molecule has 2 aromatic rings. The minimum atomic E-state index is -3.69. The molecule has 4 rings (SSSR count). The summed E-state index contributed by atoms with van der Waals surface area (Å²) in [5.74, 6) is -0.107. The van der Waals surface area contributed by atoms with Crippen molar-refractivity contribution in [1.82, 2.24) is 4.31 Å². The number of anilines is 2. The van der Waals surface area contributed by atoms with Gasteiger partial charge in [0.15, 0.2) is 0 Å². The van der Waals surface area contributed by atoms with Crippen LogP contribution < -0.4 is 10.6 Å². The second-order valence-corrected chi connectivity index (χ2v) is 10.9. The van der Waals surface area contributed by atoms with Gasteiger partial charge in [0.25, 0.3) is 0 Å². The molecule has 2 aliphatic rings. The molecule has 2 amide bonds. The lowest BCUT2D eigenvalue weighted by molar-refractivity contribution is -0.121. The maximum Gasteiger partial charge on any atom is 0.243 e. The number of nitrogens with zero attached hydrogens (tertiary/aromatic N) is 1. The predicted molar refractivity (Wildman–Crippen MR) is 122 cm³/mol. The molecule has 2 N–H and O–H groups in total. The molecule has 0 bridgehead atoms. The fourth-order valence-corrected chi connectivity index (χ4v) is 6.12. The first kappa shape index (κ1) is 21.9. The SMILES string of the molecule is Cc1ccc(C)c(NC(=O)C2CCN(S(=O)(=O)c3ccc4c(c3)NC(=O)CS4)CC2)c1. The summed E-state index contributed by atoms with van der Waals surface area (Å²) >= 11 is 1.39. The van der Waals surface area contributed by atoms with Gasteiger partial charge >= 0.3 is 0 Å². The minimum Gasteiger partial charge on any atom is -0.326 e. The molecular formula is C22H25N3O4S2. The Labute approximate surface area is 186 Å². The van der Waals surface area contributed by atoms with E-state index in [1.807, 2.05) is 32.0 Å². The Morgan fingerprint density at radius 1 is 1.13 bits per heavy atom. The zero-order valence-electron chi connectivity index (χ0n) is 17.5. The number of aryl methyl sites for hydroxylation is 2. The van der Waals surface area contributed by atoms with Crippen LogP contribution >= 0.6 is 11.8 Å². The lowest BCUT2D eigenvalue weighted by atomic mass is 9.97. The van der Waals surface area contributed by atoms with Crippen LogP contribution in [0.5, 0.6) is 0 Å². The number of fused-ring (bicyclic) bond motifs is 1. The van der Waals surface area contributed by atoms with E-state index in [0.29, 0.717) is 24.3 Å². The average molecular weight is 460 g/mol. The van der Waals surface area contributed by atoms with Gasteiger partial charge in [-0.3, -0.25) is 9.59 Å². The van der Waals surface area contributed by atoms with Gasteiger partial charge in [-0.05, 0) is 62.1 Å². The molecule has 0 spiro atoms. The monoisotopic (exact) mass is 459 g/mol. The topological polar surface area (TPSA) is 95.6 Å². The van der Waals surface area contributed by atoms with Crippen LogP contribution in [0.25, 0.3) is 0 Å². The molecular weight excluding hydrogens is 434 g/mol. The van der Waals surface area contributed by atoms with Crippen LogP contribution in [0.1, 0.15) is 24.0 Å². The zero-order valence-corrected chi connectivity index (χ0v) is 19.1. The third-order valence-electron chi connectivity index (χ3n) is 5.70. The molecule has 0 saturated carbocycles. The van der Waals surface area contributed by atoms with E-state index in [1.165, 1.54) is 22.1 Å². The van der Waals surface area contributed by atoms with Crippen molar-refractivity contribution in [3.63, 3.8) is 0 Å². The standard InChI is InChI=1S/C22H25N3O4S2/c1-14-3-4-15(2)18(11-14)24-22(27)16-7-9-25(10-8-16)31(28,29)17-5-6-20-19(12-17)23-21(26)13-30-20/h3-6,11-12,16H,7-10,13H2,1-2H3,(H,23,26)(H,24,27). The number of rotatable bonds is 4. The van der Waals surface area contributed by atoms with Gasteiger partial charge in [0.1, 0.15) is 0 Å². The maximum absolute atomic E-state index is 13.1. The van der Waals surface area contributed by atoms with Crippen molar-refractivity contribution in [3.05, 3.63) is 47.5 Å². The Balaban J connectivity index is 1.42. The fraction of sp³-hybridized carbons (Fsp3) is 0.364. The van der Waals surface area contributed by atoms with Crippen LogP contribution in [0.4, 0.5) is 11.4 Å². The molecule has 0 aromatic heterocycles. The maximum atomic E-state index is 13.1. The van der Waals surface area contributed by atoms with E-state index < -0.39 is 10.0 Å². The van der Waals surface area contributed by atoms with Gasteiger partial charge < -0.3 is 10.6 Å². The zero-order chi connectivity index (χ0) is 22.2. The third kappa shape index (κ3) is 4.63. The van der Waals surface area contributed by atoms with Crippen molar-refractivity contribution in [2.24, 2.45) is 5.92 Å². The lowest BCUT2D eigenvalue weighted by Gasteiger charge is -2.31. The van der Waals surface area contributed by atoms with Crippen molar-refractivity contribution in [1.29, 1.82) is 0 Å². The van der Waals surface area contributed by atoms with E-state index in [9.17, 15) is 18.0 Å². The van der Waals surface area contributed by atoms with E-state index in [4.69, 9.17) is 0 Å². The van der Waals surface area contributed by atoms with Gasteiger partial charge in [-0.2, -0.15) is 4.31 Å². The lowest BCUT2D eigenvalue weighted by Crippen LogP contribution is -2.41. The van der Waals surface area contributed by atoms with Gasteiger partial charge in [0.05, 0.1) is 16.3 Å². The highest BCUT2D eigenvalue weighted by atomic mass is 32.2. The summed E-state index contributed by atoms with van der Waals surface area (Å²) in [6.45, 7) is 4.49. The highest BCUT2D eigenvalue weighted by Gasteiger charge is 2.33. The highest BCUT2D eigenvalue weighted by molar-refractivity contribution is 8.00. The van der Waals surface area contributed by atoms with Gasteiger partial charge in [-0.25, -0.2) is 8.42 Å². The normalized spacial score (nSPS) is 17.7. The number of benzene rings is 2. The Morgan fingerprint density at radius 2 is 1.87 bits per heavy atom. The van der Waals surface area contributed by atoms with E-state index in [0.717, 1.165) is 21.7 Å². The second-order valence-electron chi connectivity index (χ2n) is 7.98. The summed E-state index contributed by atoms with van der Waals surface area (Å²) < 4.78 is 27.6. The molecule has 31 heavy (non-hydrogen) atoms. The largest absolute Gasteiger partial charge is 0.326 e. The molecule has 2 aromatic carbocycles. The first-order valence-electron chi connectivity index (χ1n) is 10.2. The van der Waals surface area contributed by atoms with Crippen LogP contribution in [-0.2, 0) is 19.6 Å². The number of nitrogens with one attached hydrogen (secondary N) is 2. The first-order valence-corrected chi connectivity index (χ1v) is 12.6. The molecule has 0 radical (unpaired) electrons. The molecule has 0 atom stereocenters.